The average Bonchev–Trinajstić information content (AvgIpc) is 3.59. The molecule has 2 fully saturated rings. The van der Waals surface area contributed by atoms with E-state index in [1.807, 2.05) is 36.4 Å². The number of piperidine rings is 1. The lowest BCUT2D eigenvalue weighted by atomic mass is 9.86. The topological polar surface area (TPSA) is 20.3 Å². The van der Waals surface area contributed by atoms with E-state index >= 15 is 0 Å². The van der Waals surface area contributed by atoms with Crippen LogP contribution in [0.5, 0.6) is 0 Å². The van der Waals surface area contributed by atoms with Crippen LogP contribution in [0.1, 0.15) is 47.9 Å². The van der Waals surface area contributed by atoms with Crippen molar-refractivity contribution in [3.8, 4) is 0 Å². The Kier molecular flexibility index (Phi) is 5.39. The Hall–Kier alpha value is -2.18. The van der Waals surface area contributed by atoms with E-state index in [0.29, 0.717) is 0 Å². The predicted molar refractivity (Wildman–Crippen MR) is 119 cm³/mol. The van der Waals surface area contributed by atoms with E-state index in [1.54, 1.807) is 6.07 Å². The van der Waals surface area contributed by atoms with Crippen molar-refractivity contribution in [3.05, 3.63) is 70.3 Å². The van der Waals surface area contributed by atoms with E-state index in [1.165, 1.54) is 30.5 Å². The molecule has 1 unspecified atom stereocenters. The molecule has 2 aromatic carbocycles. The van der Waals surface area contributed by atoms with Gasteiger partial charge in [-0.1, -0.05) is 48.1 Å². The van der Waals surface area contributed by atoms with Crippen LogP contribution >= 0.6 is 0 Å². The molecule has 0 bridgehead atoms. The van der Waals surface area contributed by atoms with E-state index < -0.39 is 16.3 Å². The van der Waals surface area contributed by atoms with Gasteiger partial charge in [-0.15, -0.1) is 0 Å². The number of hydrogen-bond acceptors (Lipinski definition) is 2. The zero-order valence-electron chi connectivity index (χ0n) is 17.1. The number of rotatable bonds is 3. The number of likely N-dealkylation sites (tertiary alicyclic amines) is 1. The molecule has 0 aromatic heterocycles. The van der Waals surface area contributed by atoms with Gasteiger partial charge in [-0.05, 0) is 71.6 Å². The van der Waals surface area contributed by atoms with Gasteiger partial charge in [0.25, 0.3) is 0 Å². The molecule has 3 aliphatic rings. The average molecular weight is 444 g/mol. The van der Waals surface area contributed by atoms with Crippen LogP contribution in [-0.2, 0) is 10.8 Å². The van der Waals surface area contributed by atoms with Crippen molar-refractivity contribution in [1.82, 2.24) is 4.90 Å². The normalized spacial score (nSPS) is 20.2. The summed E-state index contributed by atoms with van der Waals surface area (Å²) in [5.74, 6) is 0.845. The monoisotopic (exact) mass is 443 g/mol. The molecule has 1 heterocycles. The van der Waals surface area contributed by atoms with Crippen molar-refractivity contribution in [1.29, 1.82) is 0 Å². The van der Waals surface area contributed by atoms with Gasteiger partial charge in [0.05, 0.1) is 0 Å². The molecule has 0 amide bonds. The van der Waals surface area contributed by atoms with Crippen molar-refractivity contribution in [2.24, 2.45) is 5.92 Å². The Balaban J connectivity index is 1.60. The maximum absolute atomic E-state index is 13.2. The first-order valence-corrected chi connectivity index (χ1v) is 11.9. The molecule has 31 heavy (non-hydrogen) atoms. The zero-order chi connectivity index (χ0) is 21.6. The van der Waals surface area contributed by atoms with Gasteiger partial charge in [-0.2, -0.15) is 13.2 Å². The number of fused-ring (bicyclic) bond motifs is 2. The fraction of sp³-hybridized carbons (Fsp3) is 0.360. The second-order valence-electron chi connectivity index (χ2n) is 8.61. The van der Waals surface area contributed by atoms with Crippen LogP contribution in [0, 0.1) is 5.92 Å². The molecule has 1 atom stereocenters. The van der Waals surface area contributed by atoms with Crippen molar-refractivity contribution in [3.63, 3.8) is 0 Å². The minimum absolute atomic E-state index is 0.191. The third-order valence-corrected chi connectivity index (χ3v) is 7.52. The minimum Gasteiger partial charge on any atom is -0.302 e. The molecular weight excluding hydrogens is 419 g/mol. The summed E-state index contributed by atoms with van der Waals surface area (Å²) in [4.78, 5) is 2.32. The molecule has 1 saturated heterocycles. The molecule has 0 radical (unpaired) electrons. The number of hydrogen-bond donors (Lipinski definition) is 0. The Morgan fingerprint density at radius 1 is 0.935 bits per heavy atom. The predicted octanol–water partition coefficient (Wildman–Crippen LogP) is 6.11. The third kappa shape index (κ3) is 4.28. The molecule has 2 aromatic rings. The summed E-state index contributed by atoms with van der Waals surface area (Å²) < 4.78 is 51.5. The minimum atomic E-state index is -4.77. The third-order valence-electron chi connectivity index (χ3n) is 6.42. The Bertz CT molecular complexity index is 1090. The lowest BCUT2D eigenvalue weighted by Gasteiger charge is -2.30. The molecule has 0 N–H and O–H groups in total. The smallest absolute Gasteiger partial charge is 0.302 e. The van der Waals surface area contributed by atoms with E-state index in [4.69, 9.17) is 0 Å². The van der Waals surface area contributed by atoms with Gasteiger partial charge in [0.1, 0.15) is 0 Å². The lowest BCUT2D eigenvalue weighted by molar-refractivity contribution is -0.0384. The number of nitrogens with zero attached hydrogens (tertiary/aromatic N) is 1. The van der Waals surface area contributed by atoms with Crippen LogP contribution in [0.3, 0.4) is 0 Å². The van der Waals surface area contributed by atoms with Crippen LogP contribution in [0.25, 0.3) is 17.7 Å². The van der Waals surface area contributed by atoms with Gasteiger partial charge in [0, 0.05) is 24.5 Å². The Labute approximate surface area is 182 Å². The number of alkyl halides is 3. The summed E-state index contributed by atoms with van der Waals surface area (Å²) in [6, 6.07) is 12.5. The molecular formula is C25H24F3NOS. The van der Waals surface area contributed by atoms with Gasteiger partial charge >= 0.3 is 5.51 Å². The van der Waals surface area contributed by atoms with E-state index in [0.717, 1.165) is 66.2 Å². The highest BCUT2D eigenvalue weighted by Gasteiger charge is 2.38. The molecule has 162 valence electrons. The zero-order valence-corrected chi connectivity index (χ0v) is 17.9. The lowest BCUT2D eigenvalue weighted by Crippen LogP contribution is -2.32. The molecule has 5 rings (SSSR count). The fourth-order valence-corrected chi connectivity index (χ4v) is 5.33. The molecule has 0 spiro atoms. The van der Waals surface area contributed by atoms with Gasteiger partial charge in [0.2, 0.25) is 0 Å². The maximum atomic E-state index is 13.2. The maximum Gasteiger partial charge on any atom is 0.475 e. The van der Waals surface area contributed by atoms with E-state index in [2.05, 4.69) is 4.90 Å². The highest BCUT2D eigenvalue weighted by Crippen LogP contribution is 2.41. The summed E-state index contributed by atoms with van der Waals surface area (Å²) in [6.07, 6.45) is 8.44. The molecule has 2 aliphatic carbocycles. The van der Waals surface area contributed by atoms with Crippen LogP contribution in [0.2, 0.25) is 0 Å². The highest BCUT2D eigenvalue weighted by molar-refractivity contribution is 7.86. The summed E-state index contributed by atoms with van der Waals surface area (Å²) in [5.41, 5.74) is 1.23. The quantitative estimate of drug-likeness (QED) is 0.487. The first kappa shape index (κ1) is 20.7. The van der Waals surface area contributed by atoms with Gasteiger partial charge in [-0.25, -0.2) is 4.21 Å². The molecule has 1 saturated carbocycles. The summed E-state index contributed by atoms with van der Waals surface area (Å²) >= 11 is 0. The van der Waals surface area contributed by atoms with Crippen molar-refractivity contribution in [2.75, 3.05) is 19.6 Å². The number of benzene rings is 2. The van der Waals surface area contributed by atoms with Crippen molar-refractivity contribution >= 4 is 28.5 Å². The summed E-state index contributed by atoms with van der Waals surface area (Å²) in [6.45, 7) is 3.12. The van der Waals surface area contributed by atoms with Crippen LogP contribution < -0.4 is 0 Å². The summed E-state index contributed by atoms with van der Waals surface area (Å²) in [5, 5.41) is 0. The highest BCUT2D eigenvalue weighted by atomic mass is 32.2. The standard InChI is InChI=1S/C25H24F3NOS/c26-25(27,28)31(30)21-10-9-19-8-7-18-3-1-2-4-22(18)24(23(19)15-21)20-11-13-29(14-12-20)16-17-5-6-17/h1-4,7-10,15,17H,5-6,11-14,16H2. The van der Waals surface area contributed by atoms with Crippen LogP contribution in [-0.4, -0.2) is 34.3 Å². The van der Waals surface area contributed by atoms with Crippen LogP contribution in [0.15, 0.2) is 52.9 Å². The Morgan fingerprint density at radius 3 is 2.29 bits per heavy atom. The summed E-state index contributed by atoms with van der Waals surface area (Å²) in [7, 11) is -3.04. The largest absolute Gasteiger partial charge is 0.475 e. The SMILES string of the molecule is O=S(c1ccc2c(c1)C(=C1CCN(CC3CC3)CC1)c1ccccc1C=C2)C(F)(F)F. The van der Waals surface area contributed by atoms with Crippen LogP contribution in [0.4, 0.5) is 13.2 Å². The molecule has 1 aliphatic heterocycles. The van der Waals surface area contributed by atoms with E-state index in [-0.39, 0.29) is 4.90 Å². The van der Waals surface area contributed by atoms with Gasteiger partial charge < -0.3 is 4.90 Å². The second kappa shape index (κ2) is 8.06. The second-order valence-corrected chi connectivity index (χ2v) is 10.1. The van der Waals surface area contributed by atoms with Crippen molar-refractivity contribution < 1.29 is 17.4 Å². The van der Waals surface area contributed by atoms with Gasteiger partial charge in [0.15, 0.2) is 10.8 Å². The molecule has 6 heteroatoms. The first-order chi connectivity index (χ1) is 14.9. The fourth-order valence-electron chi connectivity index (χ4n) is 4.64. The van der Waals surface area contributed by atoms with Gasteiger partial charge in [-0.3, -0.25) is 0 Å². The van der Waals surface area contributed by atoms with E-state index in [9.17, 15) is 17.4 Å². The first-order valence-electron chi connectivity index (χ1n) is 10.7. The molecule has 2 nitrogen and oxygen atoms in total. The van der Waals surface area contributed by atoms with Crippen molar-refractivity contribution in [2.45, 2.75) is 36.1 Å². The number of halogens is 3. The Morgan fingerprint density at radius 2 is 1.61 bits per heavy atom.